The van der Waals surface area contributed by atoms with E-state index in [0.717, 1.165) is 4.47 Å². The van der Waals surface area contributed by atoms with Gasteiger partial charge in [0, 0.05) is 4.47 Å². The third-order valence-electron chi connectivity index (χ3n) is 1.77. The highest BCUT2D eigenvalue weighted by Crippen LogP contribution is 2.25. The van der Waals surface area contributed by atoms with Crippen molar-refractivity contribution in [1.29, 1.82) is 5.26 Å². The minimum absolute atomic E-state index is 0.465. The minimum Gasteiger partial charge on any atom is -0.474 e. The second-order valence-corrected chi connectivity index (χ2v) is 4.42. The summed E-state index contributed by atoms with van der Waals surface area (Å²) in [6.45, 7) is 3.55. The molecule has 0 bridgehead atoms. The third kappa shape index (κ3) is 3.01. The molecule has 0 aliphatic heterocycles. The van der Waals surface area contributed by atoms with Crippen LogP contribution in [0.4, 0.5) is 0 Å². The fourth-order valence-corrected chi connectivity index (χ4v) is 1.34. The lowest BCUT2D eigenvalue weighted by Gasteiger charge is -2.20. The van der Waals surface area contributed by atoms with E-state index in [4.69, 9.17) is 16.4 Å². The van der Waals surface area contributed by atoms with Gasteiger partial charge in [-0.25, -0.2) is 0 Å². The summed E-state index contributed by atoms with van der Waals surface area (Å²) in [5, 5.41) is 8.91. The molecule has 0 amide bonds. The van der Waals surface area contributed by atoms with Gasteiger partial charge in [-0.1, -0.05) is 21.9 Å². The summed E-state index contributed by atoms with van der Waals surface area (Å²) in [6.07, 6.45) is 5.31. The van der Waals surface area contributed by atoms with Crippen molar-refractivity contribution < 1.29 is 4.74 Å². The Hall–Kier alpha value is -1.45. The van der Waals surface area contributed by atoms with E-state index in [1.165, 1.54) is 0 Å². The van der Waals surface area contributed by atoms with Crippen LogP contribution in [0.15, 0.2) is 22.7 Å². The Kier molecular flexibility index (Phi) is 3.39. The molecule has 1 aromatic rings. The van der Waals surface area contributed by atoms with Crippen LogP contribution in [0.1, 0.15) is 19.4 Å². The largest absolute Gasteiger partial charge is 0.474 e. The molecule has 0 heterocycles. The van der Waals surface area contributed by atoms with Crippen LogP contribution in [0, 0.1) is 23.7 Å². The van der Waals surface area contributed by atoms with Crippen molar-refractivity contribution in [3.63, 3.8) is 0 Å². The standard InChI is InChI=1S/C12H10BrNO/c1-4-12(2,3)15-11-6-5-10(13)7-9(11)8-14/h1,5-7H,2-3H3. The molecule has 0 radical (unpaired) electrons. The van der Waals surface area contributed by atoms with Gasteiger partial charge in [0.1, 0.15) is 11.8 Å². The van der Waals surface area contributed by atoms with Crippen LogP contribution in [0.2, 0.25) is 0 Å². The van der Waals surface area contributed by atoms with Crippen LogP contribution in [-0.2, 0) is 0 Å². The van der Waals surface area contributed by atoms with E-state index in [9.17, 15) is 0 Å². The summed E-state index contributed by atoms with van der Waals surface area (Å²) in [6, 6.07) is 7.29. The first-order valence-corrected chi connectivity index (χ1v) is 5.14. The first kappa shape index (κ1) is 11.6. The number of ether oxygens (including phenoxy) is 1. The average Bonchev–Trinajstić information content (AvgIpc) is 2.20. The first-order chi connectivity index (χ1) is 6.98. The van der Waals surface area contributed by atoms with Gasteiger partial charge in [-0.3, -0.25) is 0 Å². The maximum absolute atomic E-state index is 8.91. The monoisotopic (exact) mass is 263 g/mol. The number of hydrogen-bond acceptors (Lipinski definition) is 2. The molecule has 0 aromatic heterocycles. The molecule has 2 nitrogen and oxygen atoms in total. The highest BCUT2D eigenvalue weighted by atomic mass is 79.9. The fourth-order valence-electron chi connectivity index (χ4n) is 0.983. The average molecular weight is 264 g/mol. The molecule has 15 heavy (non-hydrogen) atoms. The molecule has 0 saturated carbocycles. The molecular formula is C12H10BrNO. The second-order valence-electron chi connectivity index (χ2n) is 3.51. The molecule has 1 rings (SSSR count). The molecule has 0 aliphatic rings. The summed E-state index contributed by atoms with van der Waals surface area (Å²) in [4.78, 5) is 0. The number of halogens is 1. The number of hydrogen-bond donors (Lipinski definition) is 0. The van der Waals surface area contributed by atoms with E-state index in [0.29, 0.717) is 11.3 Å². The third-order valence-corrected chi connectivity index (χ3v) is 2.27. The lowest BCUT2D eigenvalue weighted by molar-refractivity contribution is 0.172. The van der Waals surface area contributed by atoms with E-state index in [1.807, 2.05) is 6.07 Å². The molecular weight excluding hydrogens is 254 g/mol. The van der Waals surface area contributed by atoms with Crippen molar-refractivity contribution in [3.05, 3.63) is 28.2 Å². The van der Waals surface area contributed by atoms with E-state index in [1.54, 1.807) is 26.0 Å². The first-order valence-electron chi connectivity index (χ1n) is 4.35. The molecule has 3 heteroatoms. The molecule has 1 aromatic carbocycles. The molecule has 0 saturated heterocycles. The van der Waals surface area contributed by atoms with Crippen LogP contribution in [0.5, 0.6) is 5.75 Å². The van der Waals surface area contributed by atoms with E-state index in [2.05, 4.69) is 27.9 Å². The number of nitrogens with zero attached hydrogens (tertiary/aromatic N) is 1. The number of benzene rings is 1. The van der Waals surface area contributed by atoms with E-state index in [-0.39, 0.29) is 0 Å². The lowest BCUT2D eigenvalue weighted by Crippen LogP contribution is -2.25. The van der Waals surface area contributed by atoms with Crippen molar-refractivity contribution in [1.82, 2.24) is 0 Å². The normalized spacial score (nSPS) is 10.2. The summed E-state index contributed by atoms with van der Waals surface area (Å²) < 4.78 is 6.39. The summed E-state index contributed by atoms with van der Waals surface area (Å²) >= 11 is 3.29. The van der Waals surface area contributed by atoms with Gasteiger partial charge in [0.05, 0.1) is 5.56 Å². The number of terminal acetylenes is 1. The number of rotatable bonds is 2. The maximum atomic E-state index is 8.91. The molecule has 76 valence electrons. The van der Waals surface area contributed by atoms with Crippen molar-refractivity contribution >= 4 is 15.9 Å². The predicted octanol–water partition coefficient (Wildman–Crippen LogP) is 3.11. The van der Waals surface area contributed by atoms with Gasteiger partial charge in [0.2, 0.25) is 0 Å². The van der Waals surface area contributed by atoms with Gasteiger partial charge < -0.3 is 4.74 Å². The van der Waals surface area contributed by atoms with Crippen molar-refractivity contribution in [3.8, 4) is 24.2 Å². The highest BCUT2D eigenvalue weighted by Gasteiger charge is 2.17. The van der Waals surface area contributed by atoms with Gasteiger partial charge in [0.15, 0.2) is 5.60 Å². The van der Waals surface area contributed by atoms with Gasteiger partial charge >= 0.3 is 0 Å². The molecule has 0 spiro atoms. The van der Waals surface area contributed by atoms with Crippen molar-refractivity contribution in [2.75, 3.05) is 0 Å². The summed E-state index contributed by atoms with van der Waals surface area (Å²) in [5.74, 6) is 3.02. The van der Waals surface area contributed by atoms with Crippen LogP contribution >= 0.6 is 15.9 Å². The Labute approximate surface area is 98.0 Å². The lowest BCUT2D eigenvalue weighted by atomic mass is 10.1. The Balaban J connectivity index is 3.08. The van der Waals surface area contributed by atoms with E-state index < -0.39 is 5.60 Å². The predicted molar refractivity (Wildman–Crippen MR) is 62.4 cm³/mol. The second kappa shape index (κ2) is 4.38. The smallest absolute Gasteiger partial charge is 0.163 e. The molecule has 0 N–H and O–H groups in total. The Morgan fingerprint density at radius 2 is 2.13 bits per heavy atom. The van der Waals surface area contributed by atoms with Gasteiger partial charge in [-0.2, -0.15) is 5.26 Å². The molecule has 0 atom stereocenters. The zero-order valence-electron chi connectivity index (χ0n) is 8.54. The number of nitriles is 1. The Bertz CT molecular complexity index is 452. The van der Waals surface area contributed by atoms with Gasteiger partial charge in [-0.15, -0.1) is 6.42 Å². The SMILES string of the molecule is C#CC(C)(C)Oc1ccc(Br)cc1C#N. The van der Waals surface area contributed by atoms with E-state index >= 15 is 0 Å². The molecule has 0 fully saturated rings. The maximum Gasteiger partial charge on any atom is 0.163 e. The Morgan fingerprint density at radius 1 is 1.47 bits per heavy atom. The zero-order valence-corrected chi connectivity index (χ0v) is 10.1. The molecule has 0 unspecified atom stereocenters. The van der Waals surface area contributed by atoms with Crippen LogP contribution in [0.3, 0.4) is 0 Å². The van der Waals surface area contributed by atoms with Crippen molar-refractivity contribution in [2.24, 2.45) is 0 Å². The summed E-state index contributed by atoms with van der Waals surface area (Å²) in [7, 11) is 0. The quantitative estimate of drug-likeness (QED) is 0.769. The van der Waals surface area contributed by atoms with Crippen molar-refractivity contribution in [2.45, 2.75) is 19.4 Å². The summed E-state index contributed by atoms with van der Waals surface area (Å²) in [5.41, 5.74) is -0.243. The van der Waals surface area contributed by atoms with Crippen LogP contribution in [-0.4, -0.2) is 5.60 Å². The van der Waals surface area contributed by atoms with Crippen LogP contribution in [0.25, 0.3) is 0 Å². The fraction of sp³-hybridized carbons (Fsp3) is 0.250. The van der Waals surface area contributed by atoms with Crippen LogP contribution < -0.4 is 4.74 Å². The Morgan fingerprint density at radius 3 is 2.67 bits per heavy atom. The molecule has 0 aliphatic carbocycles. The zero-order chi connectivity index (χ0) is 11.5. The topological polar surface area (TPSA) is 33.0 Å². The van der Waals surface area contributed by atoms with Gasteiger partial charge in [-0.05, 0) is 32.0 Å². The highest BCUT2D eigenvalue weighted by molar-refractivity contribution is 9.10. The van der Waals surface area contributed by atoms with Gasteiger partial charge in [0.25, 0.3) is 0 Å². The minimum atomic E-state index is -0.709.